The molecule has 1 saturated carbocycles. The number of hydrogen-bond donors (Lipinski definition) is 2. The number of carbonyl (C=O) groups is 2. The number of carbonyl (C=O) groups excluding carboxylic acids is 2. The summed E-state index contributed by atoms with van der Waals surface area (Å²) in [6.45, 7) is 1.83. The molecule has 25 heavy (non-hydrogen) atoms. The molecule has 0 spiro atoms. The summed E-state index contributed by atoms with van der Waals surface area (Å²) >= 11 is 3.88. The van der Waals surface area contributed by atoms with Crippen molar-refractivity contribution < 1.29 is 9.59 Å². The Morgan fingerprint density at radius 3 is 2.48 bits per heavy atom. The zero-order chi connectivity index (χ0) is 17.6. The van der Waals surface area contributed by atoms with Crippen LogP contribution >= 0.6 is 34.4 Å². The highest BCUT2D eigenvalue weighted by atomic mass is 32.2. The van der Waals surface area contributed by atoms with Crippen molar-refractivity contribution in [2.75, 3.05) is 16.4 Å². The zero-order valence-corrected chi connectivity index (χ0v) is 16.1. The molecule has 0 radical (unpaired) electrons. The maximum Gasteiger partial charge on any atom is 0.236 e. The summed E-state index contributed by atoms with van der Waals surface area (Å²) in [6, 6.07) is 0. The molecule has 3 rings (SSSR count). The Bertz CT molecular complexity index is 741. The molecule has 2 amide bonds. The van der Waals surface area contributed by atoms with E-state index in [1.165, 1.54) is 40.9 Å². The van der Waals surface area contributed by atoms with Gasteiger partial charge in [0.2, 0.25) is 22.1 Å². The monoisotopic (exact) mass is 398 g/mol. The number of thioether (sulfide) groups is 1. The van der Waals surface area contributed by atoms with Crippen LogP contribution in [-0.2, 0) is 9.59 Å². The lowest BCUT2D eigenvalue weighted by Crippen LogP contribution is -2.24. The maximum absolute atomic E-state index is 12.2. The maximum atomic E-state index is 12.2. The normalized spacial score (nSPS) is 15.1. The summed E-state index contributed by atoms with van der Waals surface area (Å²) in [5, 5.41) is 23.0. The van der Waals surface area contributed by atoms with Crippen molar-refractivity contribution >= 4 is 56.5 Å². The van der Waals surface area contributed by atoms with Crippen LogP contribution in [0.1, 0.15) is 37.1 Å². The summed E-state index contributed by atoms with van der Waals surface area (Å²) < 4.78 is 0.641. The van der Waals surface area contributed by atoms with Gasteiger partial charge in [0.05, 0.1) is 5.75 Å². The molecule has 0 saturated heterocycles. The summed E-state index contributed by atoms with van der Waals surface area (Å²) in [6.07, 6.45) is 5.31. The second-order valence-electron chi connectivity index (χ2n) is 5.66. The molecule has 0 aliphatic heterocycles. The molecule has 0 aromatic carbocycles. The number of rotatable bonds is 6. The van der Waals surface area contributed by atoms with Crippen LogP contribution in [0, 0.1) is 12.8 Å². The van der Waals surface area contributed by atoms with Gasteiger partial charge >= 0.3 is 0 Å². The fourth-order valence-electron chi connectivity index (χ4n) is 2.52. The van der Waals surface area contributed by atoms with Gasteiger partial charge in [-0.1, -0.05) is 53.7 Å². The van der Waals surface area contributed by atoms with Crippen molar-refractivity contribution in [2.24, 2.45) is 5.92 Å². The third-order valence-corrected chi connectivity index (χ3v) is 6.44. The summed E-state index contributed by atoms with van der Waals surface area (Å²) in [7, 11) is 0. The van der Waals surface area contributed by atoms with Gasteiger partial charge < -0.3 is 5.32 Å². The van der Waals surface area contributed by atoms with E-state index in [1.807, 2.05) is 6.92 Å². The van der Waals surface area contributed by atoms with Gasteiger partial charge in [-0.2, -0.15) is 0 Å². The van der Waals surface area contributed by atoms with Crippen LogP contribution in [-0.4, -0.2) is 38.0 Å². The van der Waals surface area contributed by atoms with Gasteiger partial charge in [0.1, 0.15) is 5.01 Å². The SMILES string of the molecule is Cc1nnc(NC(=O)CSc2nnc(NC(=O)C3CCCCC3)s2)s1. The molecule has 8 nitrogen and oxygen atoms in total. The molecule has 2 heterocycles. The summed E-state index contributed by atoms with van der Waals surface area (Å²) in [4.78, 5) is 24.1. The molecule has 0 bridgehead atoms. The number of amides is 2. The first-order chi connectivity index (χ1) is 12.1. The Kier molecular flexibility index (Phi) is 6.32. The third kappa shape index (κ3) is 5.44. The van der Waals surface area contributed by atoms with Crippen LogP contribution in [0.3, 0.4) is 0 Å². The molecule has 2 N–H and O–H groups in total. The third-order valence-electron chi connectivity index (χ3n) is 3.71. The predicted octanol–water partition coefficient (Wildman–Crippen LogP) is 2.95. The highest BCUT2D eigenvalue weighted by Gasteiger charge is 2.22. The number of nitrogens with one attached hydrogen (secondary N) is 2. The fourth-order valence-corrected chi connectivity index (χ4v) is 4.68. The standard InChI is InChI=1S/C14H18N6O2S3/c1-8-17-18-12(24-8)15-10(21)7-23-14-20-19-13(25-14)16-11(22)9-5-3-2-4-6-9/h9H,2-7H2,1H3,(H,15,18,21)(H,16,19,22). The lowest BCUT2D eigenvalue weighted by Gasteiger charge is -2.19. The van der Waals surface area contributed by atoms with Crippen molar-refractivity contribution in [3.63, 3.8) is 0 Å². The van der Waals surface area contributed by atoms with Gasteiger partial charge in [-0.3, -0.25) is 14.9 Å². The van der Waals surface area contributed by atoms with E-state index in [2.05, 4.69) is 31.0 Å². The van der Waals surface area contributed by atoms with E-state index < -0.39 is 0 Å². The van der Waals surface area contributed by atoms with E-state index >= 15 is 0 Å². The molecule has 1 aliphatic carbocycles. The number of anilines is 2. The lowest BCUT2D eigenvalue weighted by atomic mass is 9.89. The van der Waals surface area contributed by atoms with Crippen molar-refractivity contribution in [2.45, 2.75) is 43.4 Å². The molecule has 2 aromatic rings. The van der Waals surface area contributed by atoms with Crippen LogP contribution in [0.25, 0.3) is 0 Å². The van der Waals surface area contributed by atoms with E-state index in [-0.39, 0.29) is 23.5 Å². The highest BCUT2D eigenvalue weighted by Crippen LogP contribution is 2.28. The lowest BCUT2D eigenvalue weighted by molar-refractivity contribution is -0.120. The van der Waals surface area contributed by atoms with Crippen LogP contribution in [0.15, 0.2) is 4.34 Å². The Hall–Kier alpha value is -1.59. The molecule has 0 atom stereocenters. The van der Waals surface area contributed by atoms with E-state index in [0.29, 0.717) is 14.6 Å². The van der Waals surface area contributed by atoms with E-state index in [1.54, 1.807) is 0 Å². The van der Waals surface area contributed by atoms with Crippen molar-refractivity contribution in [1.82, 2.24) is 20.4 Å². The Balaban J connectivity index is 1.44. The predicted molar refractivity (Wildman–Crippen MR) is 99.1 cm³/mol. The minimum Gasteiger partial charge on any atom is -0.300 e. The first-order valence-electron chi connectivity index (χ1n) is 7.97. The summed E-state index contributed by atoms with van der Waals surface area (Å²) in [5.74, 6) is 0.125. The Morgan fingerprint density at radius 2 is 1.76 bits per heavy atom. The molecule has 11 heteroatoms. The minimum atomic E-state index is -0.177. The van der Waals surface area contributed by atoms with Gasteiger partial charge in [0.25, 0.3) is 0 Å². The average Bonchev–Trinajstić information content (AvgIpc) is 3.22. The Morgan fingerprint density at radius 1 is 1.04 bits per heavy atom. The van der Waals surface area contributed by atoms with Crippen LogP contribution < -0.4 is 10.6 Å². The van der Waals surface area contributed by atoms with Gasteiger partial charge in [0.15, 0.2) is 4.34 Å². The Labute approximate surface area is 157 Å². The largest absolute Gasteiger partial charge is 0.300 e. The van der Waals surface area contributed by atoms with E-state index in [9.17, 15) is 9.59 Å². The number of nitrogens with zero attached hydrogens (tertiary/aromatic N) is 4. The van der Waals surface area contributed by atoms with E-state index in [0.717, 1.165) is 30.7 Å². The van der Waals surface area contributed by atoms with Crippen molar-refractivity contribution in [3.8, 4) is 0 Å². The quantitative estimate of drug-likeness (QED) is 0.568. The average molecular weight is 399 g/mol. The molecule has 0 unspecified atom stereocenters. The first-order valence-corrected chi connectivity index (χ1v) is 10.6. The number of aromatic nitrogens is 4. The number of hydrogen-bond acceptors (Lipinski definition) is 9. The zero-order valence-electron chi connectivity index (χ0n) is 13.7. The smallest absolute Gasteiger partial charge is 0.236 e. The number of aryl methyl sites for hydroxylation is 1. The first kappa shape index (κ1) is 18.2. The van der Waals surface area contributed by atoms with Crippen LogP contribution in [0.4, 0.5) is 10.3 Å². The molecule has 134 valence electrons. The molecule has 1 fully saturated rings. The van der Waals surface area contributed by atoms with Gasteiger partial charge in [0, 0.05) is 5.92 Å². The molecular formula is C14H18N6O2S3. The van der Waals surface area contributed by atoms with Crippen LogP contribution in [0.2, 0.25) is 0 Å². The van der Waals surface area contributed by atoms with Crippen LogP contribution in [0.5, 0.6) is 0 Å². The van der Waals surface area contributed by atoms with Gasteiger partial charge in [-0.05, 0) is 19.8 Å². The fraction of sp³-hybridized carbons (Fsp3) is 0.571. The van der Waals surface area contributed by atoms with Crippen molar-refractivity contribution in [3.05, 3.63) is 5.01 Å². The highest BCUT2D eigenvalue weighted by molar-refractivity contribution is 8.01. The van der Waals surface area contributed by atoms with Gasteiger partial charge in [-0.25, -0.2) is 0 Å². The second-order valence-corrected chi connectivity index (χ2v) is 9.04. The summed E-state index contributed by atoms with van der Waals surface area (Å²) in [5.41, 5.74) is 0. The van der Waals surface area contributed by atoms with Gasteiger partial charge in [-0.15, -0.1) is 20.4 Å². The van der Waals surface area contributed by atoms with E-state index in [4.69, 9.17) is 0 Å². The topological polar surface area (TPSA) is 110 Å². The van der Waals surface area contributed by atoms with Crippen molar-refractivity contribution in [1.29, 1.82) is 0 Å². The molecular weight excluding hydrogens is 380 g/mol. The second kappa shape index (κ2) is 8.68. The minimum absolute atomic E-state index is 0.0248. The molecule has 1 aliphatic rings. The molecule has 2 aromatic heterocycles.